The average Bonchev–Trinajstić information content (AvgIpc) is 2.93. The number of aromatic hydroxyl groups is 1. The van der Waals surface area contributed by atoms with E-state index in [4.69, 9.17) is 17.5 Å². The number of nitriles is 1. The third-order valence-corrected chi connectivity index (χ3v) is 2.87. The lowest BCUT2D eigenvalue weighted by Gasteiger charge is -1.99. The molecule has 3 N–H and O–H groups in total. The summed E-state index contributed by atoms with van der Waals surface area (Å²) in [4.78, 5) is 13.6. The van der Waals surface area contributed by atoms with Gasteiger partial charge in [-0.15, -0.1) is 0 Å². The van der Waals surface area contributed by atoms with Crippen molar-refractivity contribution in [2.45, 2.75) is 0 Å². The Morgan fingerprint density at radius 2 is 2.26 bits per heavy atom. The molecule has 2 aromatic heterocycles. The van der Waals surface area contributed by atoms with Crippen LogP contribution in [-0.2, 0) is 0 Å². The van der Waals surface area contributed by atoms with E-state index in [0.29, 0.717) is 21.8 Å². The van der Waals surface area contributed by atoms with Gasteiger partial charge in [0.2, 0.25) is 5.88 Å². The number of aliphatic imine (C=N–C) groups is 1. The molecule has 0 aliphatic carbocycles. The van der Waals surface area contributed by atoms with Gasteiger partial charge >= 0.3 is 0 Å². The molecule has 0 bridgehead atoms. The second-order valence-electron chi connectivity index (χ2n) is 3.91. The summed E-state index contributed by atoms with van der Waals surface area (Å²) in [5.41, 5.74) is 2.42. The Labute approximate surface area is 112 Å². The van der Waals surface area contributed by atoms with Crippen LogP contribution >= 0.6 is 12.2 Å². The number of fused-ring (bicyclic) bond motifs is 1. The molecule has 0 atom stereocenters. The smallest absolute Gasteiger partial charge is 0.215 e. The molecule has 19 heavy (non-hydrogen) atoms. The fraction of sp³-hybridized carbons (Fsp3) is 0. The largest absolute Gasteiger partial charge is 0.493 e. The SMILES string of the molecule is N#Cc1cnc2c(c1)/C(=C/c1[nH]c(=S)[nH]c1O)C=N2. The van der Waals surface area contributed by atoms with Crippen LogP contribution < -0.4 is 0 Å². The van der Waals surface area contributed by atoms with Crippen molar-refractivity contribution in [2.75, 3.05) is 0 Å². The van der Waals surface area contributed by atoms with Gasteiger partial charge < -0.3 is 15.1 Å². The molecule has 0 saturated carbocycles. The van der Waals surface area contributed by atoms with E-state index in [9.17, 15) is 5.11 Å². The minimum Gasteiger partial charge on any atom is -0.493 e. The third kappa shape index (κ3) is 1.94. The summed E-state index contributed by atoms with van der Waals surface area (Å²) in [5, 5.41) is 18.5. The lowest BCUT2D eigenvalue weighted by Crippen LogP contribution is -1.85. The quantitative estimate of drug-likeness (QED) is 0.691. The molecule has 0 unspecified atom stereocenters. The average molecular weight is 269 g/mol. The monoisotopic (exact) mass is 269 g/mol. The van der Waals surface area contributed by atoms with Gasteiger partial charge in [-0.05, 0) is 24.4 Å². The number of rotatable bonds is 1. The third-order valence-electron chi connectivity index (χ3n) is 2.67. The van der Waals surface area contributed by atoms with Crippen LogP contribution in [0.3, 0.4) is 0 Å². The van der Waals surface area contributed by atoms with Crippen LogP contribution in [0.15, 0.2) is 17.3 Å². The Morgan fingerprint density at radius 3 is 2.95 bits per heavy atom. The van der Waals surface area contributed by atoms with E-state index in [0.717, 1.165) is 11.1 Å². The van der Waals surface area contributed by atoms with Gasteiger partial charge in [0.25, 0.3) is 0 Å². The van der Waals surface area contributed by atoms with Crippen molar-refractivity contribution in [1.29, 1.82) is 5.26 Å². The van der Waals surface area contributed by atoms with Gasteiger partial charge in [-0.25, -0.2) is 9.98 Å². The minimum absolute atomic E-state index is 0.0382. The van der Waals surface area contributed by atoms with Crippen LogP contribution in [-0.4, -0.2) is 26.3 Å². The maximum absolute atomic E-state index is 9.63. The molecule has 1 aliphatic heterocycles. The number of nitrogens with zero attached hydrogens (tertiary/aromatic N) is 3. The van der Waals surface area contributed by atoms with Crippen molar-refractivity contribution < 1.29 is 5.11 Å². The van der Waals surface area contributed by atoms with E-state index in [-0.39, 0.29) is 5.88 Å². The Balaban J connectivity index is 2.12. The van der Waals surface area contributed by atoms with Gasteiger partial charge in [-0.2, -0.15) is 5.26 Å². The van der Waals surface area contributed by atoms with Crippen molar-refractivity contribution in [2.24, 2.45) is 4.99 Å². The number of hydrogen-bond donors (Lipinski definition) is 3. The molecule has 3 rings (SSSR count). The van der Waals surface area contributed by atoms with Crippen molar-refractivity contribution >= 4 is 35.9 Å². The van der Waals surface area contributed by atoms with Crippen LogP contribution in [0, 0.1) is 16.1 Å². The van der Waals surface area contributed by atoms with Crippen molar-refractivity contribution in [3.05, 3.63) is 33.9 Å². The van der Waals surface area contributed by atoms with Crippen LogP contribution in [0.4, 0.5) is 5.82 Å². The van der Waals surface area contributed by atoms with Crippen LogP contribution in [0.5, 0.6) is 5.88 Å². The Kier molecular flexibility index (Phi) is 2.51. The highest BCUT2D eigenvalue weighted by Crippen LogP contribution is 2.31. The second kappa shape index (κ2) is 4.19. The van der Waals surface area contributed by atoms with Crippen LogP contribution in [0.1, 0.15) is 16.8 Å². The lowest BCUT2D eigenvalue weighted by molar-refractivity contribution is 0.455. The van der Waals surface area contributed by atoms with E-state index in [1.807, 2.05) is 6.07 Å². The van der Waals surface area contributed by atoms with E-state index >= 15 is 0 Å². The Morgan fingerprint density at radius 1 is 1.42 bits per heavy atom. The molecular weight excluding hydrogens is 262 g/mol. The van der Waals surface area contributed by atoms with E-state index in [2.05, 4.69) is 19.9 Å². The summed E-state index contributed by atoms with van der Waals surface area (Å²) < 4.78 is 0.336. The highest BCUT2D eigenvalue weighted by atomic mass is 32.1. The molecular formula is C12H7N5OS. The number of aromatic nitrogens is 3. The van der Waals surface area contributed by atoms with Crippen molar-refractivity contribution in [3.8, 4) is 11.9 Å². The first-order valence-corrected chi connectivity index (χ1v) is 5.76. The maximum atomic E-state index is 9.63. The molecule has 1 aliphatic rings. The van der Waals surface area contributed by atoms with Crippen molar-refractivity contribution in [1.82, 2.24) is 15.0 Å². The number of nitrogens with one attached hydrogen (secondary N) is 2. The number of hydrogen-bond acceptors (Lipinski definition) is 5. The van der Waals surface area contributed by atoms with Gasteiger partial charge in [0.1, 0.15) is 11.8 Å². The molecule has 7 heteroatoms. The molecule has 0 radical (unpaired) electrons. The van der Waals surface area contributed by atoms with Crippen molar-refractivity contribution in [3.63, 3.8) is 0 Å². The highest BCUT2D eigenvalue weighted by molar-refractivity contribution is 7.71. The summed E-state index contributed by atoms with van der Waals surface area (Å²) in [6.07, 6.45) is 4.79. The molecule has 0 aromatic carbocycles. The molecule has 2 aromatic rings. The molecule has 6 nitrogen and oxygen atoms in total. The summed E-state index contributed by atoms with van der Waals surface area (Å²) in [6, 6.07) is 3.74. The van der Waals surface area contributed by atoms with Gasteiger partial charge in [0.05, 0.1) is 5.56 Å². The normalized spacial score (nSPS) is 14.6. The highest BCUT2D eigenvalue weighted by Gasteiger charge is 2.15. The first-order valence-electron chi connectivity index (χ1n) is 5.35. The maximum Gasteiger partial charge on any atom is 0.215 e. The molecule has 92 valence electrons. The molecule has 0 amide bonds. The standard InChI is InChI=1S/C12H7N5OS/c13-3-6-1-8-7(5-15-10(8)14-4-6)2-9-11(18)17-12(19)16-9/h1-2,4-5,18H,(H2,16,17,19)/b7-2+. The van der Waals surface area contributed by atoms with Crippen LogP contribution in [0.2, 0.25) is 0 Å². The fourth-order valence-corrected chi connectivity index (χ4v) is 2.00. The van der Waals surface area contributed by atoms with E-state index in [1.54, 1.807) is 18.4 Å². The predicted octanol–water partition coefficient (Wildman–Crippen LogP) is 2.30. The zero-order chi connectivity index (χ0) is 13.4. The topological polar surface area (TPSA) is 101 Å². The number of allylic oxidation sites excluding steroid dienone is 1. The Hall–Kier alpha value is -2.72. The lowest BCUT2D eigenvalue weighted by atomic mass is 10.1. The number of imidazole rings is 1. The van der Waals surface area contributed by atoms with E-state index in [1.165, 1.54) is 6.20 Å². The Bertz CT molecular complexity index is 821. The van der Waals surface area contributed by atoms with Gasteiger partial charge in [0, 0.05) is 23.5 Å². The molecule has 0 fully saturated rings. The first-order chi connectivity index (χ1) is 9.17. The van der Waals surface area contributed by atoms with Gasteiger partial charge in [0.15, 0.2) is 10.6 Å². The number of H-pyrrole nitrogens is 2. The fourth-order valence-electron chi connectivity index (χ4n) is 1.80. The van der Waals surface area contributed by atoms with Crippen LogP contribution in [0.25, 0.3) is 11.6 Å². The number of pyridine rings is 1. The summed E-state index contributed by atoms with van der Waals surface area (Å²) >= 11 is 4.89. The van der Waals surface area contributed by atoms with E-state index < -0.39 is 0 Å². The zero-order valence-corrected chi connectivity index (χ0v) is 10.3. The summed E-state index contributed by atoms with van der Waals surface area (Å²) in [5.74, 6) is 0.516. The van der Waals surface area contributed by atoms with Gasteiger partial charge in [-0.1, -0.05) is 0 Å². The van der Waals surface area contributed by atoms with Gasteiger partial charge in [-0.3, -0.25) is 0 Å². The zero-order valence-electron chi connectivity index (χ0n) is 9.51. The summed E-state index contributed by atoms with van der Waals surface area (Å²) in [7, 11) is 0. The predicted molar refractivity (Wildman–Crippen MR) is 72.6 cm³/mol. The molecule has 0 spiro atoms. The first kappa shape index (κ1) is 11.4. The second-order valence-corrected chi connectivity index (χ2v) is 4.31. The summed E-state index contributed by atoms with van der Waals surface area (Å²) in [6.45, 7) is 0. The molecule has 0 saturated heterocycles. The number of aromatic amines is 2. The minimum atomic E-state index is -0.0382. The molecule has 3 heterocycles.